The average Bonchev–Trinajstić information content (AvgIpc) is 2.46. The zero-order valence-electron chi connectivity index (χ0n) is 11.2. The van der Waals surface area contributed by atoms with E-state index in [4.69, 9.17) is 7.85 Å². The molecule has 3 heteroatoms. The van der Waals surface area contributed by atoms with Crippen molar-refractivity contribution < 1.29 is 8.78 Å². The lowest BCUT2D eigenvalue weighted by Crippen LogP contribution is -1.99. The van der Waals surface area contributed by atoms with Gasteiger partial charge in [-0.25, -0.2) is 8.78 Å². The Hall–Kier alpha value is -1.90. The zero-order chi connectivity index (χ0) is 14.5. The molecule has 0 heterocycles. The number of hydrogen-bond donors (Lipinski definition) is 0. The SMILES string of the molecule is [B]CC(=C)c1cc(CCc2ccccc2)c(F)cc1F. The normalized spacial score (nSPS) is 10.5. The summed E-state index contributed by atoms with van der Waals surface area (Å²) in [6, 6.07) is 12.2. The zero-order valence-corrected chi connectivity index (χ0v) is 11.2. The molecule has 0 amide bonds. The summed E-state index contributed by atoms with van der Waals surface area (Å²) in [5, 5.41) is 0. The van der Waals surface area contributed by atoms with Gasteiger partial charge < -0.3 is 0 Å². The second-order valence-corrected chi connectivity index (χ2v) is 4.72. The van der Waals surface area contributed by atoms with Gasteiger partial charge in [-0.3, -0.25) is 0 Å². The van der Waals surface area contributed by atoms with Crippen LogP contribution in [0.4, 0.5) is 8.78 Å². The minimum atomic E-state index is -0.610. The lowest BCUT2D eigenvalue weighted by Gasteiger charge is -2.10. The Kier molecular flexibility index (Phi) is 4.72. The second-order valence-electron chi connectivity index (χ2n) is 4.72. The van der Waals surface area contributed by atoms with Gasteiger partial charge in [0.1, 0.15) is 11.6 Å². The minimum absolute atomic E-state index is 0.153. The summed E-state index contributed by atoms with van der Waals surface area (Å²) in [7, 11) is 5.47. The van der Waals surface area contributed by atoms with Gasteiger partial charge >= 0.3 is 0 Å². The molecule has 0 saturated carbocycles. The first-order chi connectivity index (χ1) is 9.61. The highest BCUT2D eigenvalue weighted by Gasteiger charge is 2.11. The molecule has 100 valence electrons. The van der Waals surface area contributed by atoms with Crippen molar-refractivity contribution in [1.82, 2.24) is 0 Å². The third-order valence-electron chi connectivity index (χ3n) is 3.29. The van der Waals surface area contributed by atoms with E-state index in [9.17, 15) is 8.78 Å². The molecule has 0 nitrogen and oxygen atoms in total. The Labute approximate surface area is 119 Å². The van der Waals surface area contributed by atoms with E-state index in [0.717, 1.165) is 11.6 Å². The fourth-order valence-electron chi connectivity index (χ4n) is 2.09. The topological polar surface area (TPSA) is 0 Å². The molecular formula is C17H15BF2. The van der Waals surface area contributed by atoms with E-state index in [1.807, 2.05) is 30.3 Å². The lowest BCUT2D eigenvalue weighted by molar-refractivity contribution is 0.569. The van der Waals surface area contributed by atoms with Crippen LogP contribution in [0, 0.1) is 11.6 Å². The third-order valence-corrected chi connectivity index (χ3v) is 3.29. The van der Waals surface area contributed by atoms with Crippen LogP contribution in [0.2, 0.25) is 6.32 Å². The van der Waals surface area contributed by atoms with Crippen LogP contribution < -0.4 is 0 Å². The van der Waals surface area contributed by atoms with Gasteiger partial charge in [0.05, 0.1) is 7.85 Å². The summed E-state index contributed by atoms with van der Waals surface area (Å²) in [4.78, 5) is 0. The number of rotatable bonds is 5. The third kappa shape index (κ3) is 3.35. The van der Waals surface area contributed by atoms with Gasteiger partial charge in [0, 0.05) is 11.6 Å². The summed E-state index contributed by atoms with van der Waals surface area (Å²) >= 11 is 0. The predicted octanol–water partition coefficient (Wildman–Crippen LogP) is 4.35. The van der Waals surface area contributed by atoms with Crippen molar-refractivity contribution in [2.24, 2.45) is 0 Å². The molecule has 2 aromatic rings. The van der Waals surface area contributed by atoms with Gasteiger partial charge in [0.15, 0.2) is 0 Å². The fourth-order valence-corrected chi connectivity index (χ4v) is 2.09. The van der Waals surface area contributed by atoms with Gasteiger partial charge in [0.2, 0.25) is 0 Å². The number of benzene rings is 2. The van der Waals surface area contributed by atoms with Crippen molar-refractivity contribution in [2.45, 2.75) is 19.2 Å². The van der Waals surface area contributed by atoms with Gasteiger partial charge in [-0.05, 0) is 30.0 Å². The van der Waals surface area contributed by atoms with Crippen molar-refractivity contribution in [2.75, 3.05) is 0 Å². The summed E-state index contributed by atoms with van der Waals surface area (Å²) in [6.45, 7) is 3.71. The van der Waals surface area contributed by atoms with Crippen molar-refractivity contribution in [3.05, 3.63) is 77.4 Å². The molecule has 2 aromatic carbocycles. The molecule has 0 atom stereocenters. The summed E-state index contributed by atoms with van der Waals surface area (Å²) in [6.07, 6.45) is 1.37. The molecule has 2 rings (SSSR count). The molecule has 0 spiro atoms. The Balaban J connectivity index is 2.21. The van der Waals surface area contributed by atoms with Crippen LogP contribution in [0.1, 0.15) is 16.7 Å². The molecule has 0 aliphatic heterocycles. The van der Waals surface area contributed by atoms with Crippen LogP contribution in [-0.4, -0.2) is 7.85 Å². The number of halogens is 2. The van der Waals surface area contributed by atoms with Crippen molar-refractivity contribution in [3.8, 4) is 0 Å². The molecule has 0 bridgehead atoms. The Morgan fingerprint density at radius 2 is 1.70 bits per heavy atom. The van der Waals surface area contributed by atoms with E-state index in [0.29, 0.717) is 29.5 Å². The maximum atomic E-state index is 13.8. The molecule has 2 radical (unpaired) electrons. The Morgan fingerprint density at radius 3 is 2.35 bits per heavy atom. The van der Waals surface area contributed by atoms with Gasteiger partial charge in [-0.15, -0.1) is 0 Å². The molecular weight excluding hydrogens is 253 g/mol. The molecule has 20 heavy (non-hydrogen) atoms. The molecule has 0 saturated heterocycles. The first kappa shape index (κ1) is 14.5. The number of aryl methyl sites for hydroxylation is 2. The van der Waals surface area contributed by atoms with Crippen molar-refractivity contribution in [1.29, 1.82) is 0 Å². The van der Waals surface area contributed by atoms with E-state index in [-0.39, 0.29) is 6.32 Å². The Morgan fingerprint density at radius 1 is 1.00 bits per heavy atom. The highest BCUT2D eigenvalue weighted by molar-refractivity contribution is 6.14. The molecule has 0 aliphatic rings. The first-order valence-corrected chi connectivity index (χ1v) is 6.52. The summed E-state index contributed by atoms with van der Waals surface area (Å²) in [5.41, 5.74) is 2.38. The van der Waals surface area contributed by atoms with Crippen LogP contribution in [0.15, 0.2) is 49.0 Å². The van der Waals surface area contributed by atoms with Crippen LogP contribution in [0.5, 0.6) is 0 Å². The van der Waals surface area contributed by atoms with Crippen LogP contribution in [0.25, 0.3) is 5.57 Å². The van der Waals surface area contributed by atoms with E-state index in [2.05, 4.69) is 6.58 Å². The van der Waals surface area contributed by atoms with Crippen LogP contribution >= 0.6 is 0 Å². The van der Waals surface area contributed by atoms with E-state index in [1.165, 1.54) is 6.07 Å². The predicted molar refractivity (Wildman–Crippen MR) is 79.8 cm³/mol. The number of hydrogen-bond acceptors (Lipinski definition) is 0. The lowest BCUT2D eigenvalue weighted by atomic mass is 9.90. The van der Waals surface area contributed by atoms with Gasteiger partial charge in [-0.2, -0.15) is 0 Å². The summed E-state index contributed by atoms with van der Waals surface area (Å²) in [5.74, 6) is -1.13. The molecule has 0 N–H and O–H groups in total. The molecule has 0 unspecified atom stereocenters. The minimum Gasteiger partial charge on any atom is -0.207 e. The first-order valence-electron chi connectivity index (χ1n) is 6.52. The second kappa shape index (κ2) is 6.51. The van der Waals surface area contributed by atoms with Crippen LogP contribution in [-0.2, 0) is 12.8 Å². The quantitative estimate of drug-likeness (QED) is 0.707. The van der Waals surface area contributed by atoms with E-state index < -0.39 is 11.6 Å². The van der Waals surface area contributed by atoms with Gasteiger partial charge in [0.25, 0.3) is 0 Å². The average molecular weight is 268 g/mol. The Bertz CT molecular complexity index is 606. The fraction of sp³-hybridized carbons (Fsp3) is 0.176. The van der Waals surface area contributed by atoms with Gasteiger partial charge in [-0.1, -0.05) is 48.8 Å². The highest BCUT2D eigenvalue weighted by atomic mass is 19.1. The van der Waals surface area contributed by atoms with Crippen molar-refractivity contribution >= 4 is 13.4 Å². The van der Waals surface area contributed by atoms with Crippen LogP contribution in [0.3, 0.4) is 0 Å². The number of allylic oxidation sites excluding steroid dienone is 1. The summed E-state index contributed by atoms with van der Waals surface area (Å²) < 4.78 is 27.5. The maximum Gasteiger partial charge on any atom is 0.133 e. The largest absolute Gasteiger partial charge is 0.207 e. The smallest absolute Gasteiger partial charge is 0.133 e. The molecule has 0 fully saturated rings. The van der Waals surface area contributed by atoms with E-state index in [1.54, 1.807) is 0 Å². The molecule has 0 aliphatic carbocycles. The maximum absolute atomic E-state index is 13.8. The molecule has 0 aromatic heterocycles. The highest BCUT2D eigenvalue weighted by Crippen LogP contribution is 2.23. The standard InChI is InChI=1S/C17H15BF2/c1-12(11-18)15-9-14(16(19)10-17(15)20)8-7-13-5-3-2-4-6-13/h2-6,9-10H,1,7-8,11H2. The van der Waals surface area contributed by atoms with E-state index >= 15 is 0 Å². The van der Waals surface area contributed by atoms with Crippen molar-refractivity contribution in [3.63, 3.8) is 0 Å². The monoisotopic (exact) mass is 268 g/mol.